The molecule has 0 aliphatic rings. The molecule has 0 saturated heterocycles. The minimum Gasteiger partial charge on any atom is -0.542 e. The predicted molar refractivity (Wildman–Crippen MR) is 17.8 cm³/mol. The van der Waals surface area contributed by atoms with Crippen molar-refractivity contribution in [2.45, 2.75) is 6.92 Å². The molecule has 0 amide bonds. The van der Waals surface area contributed by atoms with Gasteiger partial charge in [0.2, 0.25) is 0 Å². The van der Waals surface area contributed by atoms with Gasteiger partial charge in [-0.15, -0.1) is 0 Å². The SMILES string of the molecule is C[C-]=O.[CH3-].[W+2]. The average Bonchev–Trinajstić information content (AvgIpc) is 0.918. The van der Waals surface area contributed by atoms with Gasteiger partial charge >= 0.3 is 21.1 Å². The van der Waals surface area contributed by atoms with Crippen LogP contribution in [0, 0.1) is 7.43 Å². The normalized spacial score (nSPS) is 2.60. The van der Waals surface area contributed by atoms with Gasteiger partial charge in [0, 0.05) is 0 Å². The Bertz CT molecular complexity index is 14.4. The van der Waals surface area contributed by atoms with Gasteiger partial charge in [-0.25, -0.2) is 0 Å². The van der Waals surface area contributed by atoms with E-state index in [1.807, 2.05) is 0 Å². The standard InChI is InChI=1S/C2H3O.CH3.W/c1-2-3;;/h1H3;1H3;/q2*-1;+2. The average molecular weight is 242 g/mol. The number of hydrogen-bond acceptors (Lipinski definition) is 1. The van der Waals surface area contributed by atoms with E-state index in [0.29, 0.717) is 0 Å². The third kappa shape index (κ3) is 189. The fourth-order valence-corrected chi connectivity index (χ4v) is 0. The van der Waals surface area contributed by atoms with Gasteiger partial charge in [-0.2, -0.15) is 6.92 Å². The number of carbonyl (C=O) groups excluding carboxylic acids is 1. The topological polar surface area (TPSA) is 17.1 Å². The molecule has 0 atom stereocenters. The van der Waals surface area contributed by atoms with Crippen LogP contribution in [-0.2, 0) is 25.9 Å². The van der Waals surface area contributed by atoms with Crippen LogP contribution in [0.5, 0.6) is 0 Å². The number of rotatable bonds is 0. The maximum absolute atomic E-state index is 8.68. The molecule has 0 rings (SSSR count). The molecule has 0 aromatic heterocycles. The minimum absolute atomic E-state index is 0. The largest absolute Gasteiger partial charge is 2.00 e. The maximum atomic E-state index is 8.68. The van der Waals surface area contributed by atoms with Crippen LogP contribution in [0.2, 0.25) is 0 Å². The summed E-state index contributed by atoms with van der Waals surface area (Å²) in [5.41, 5.74) is 0. The first kappa shape index (κ1) is 18.3. The van der Waals surface area contributed by atoms with E-state index in [4.69, 9.17) is 4.79 Å². The molecule has 0 aromatic rings. The molecule has 0 aliphatic heterocycles. The second kappa shape index (κ2) is 26.6. The summed E-state index contributed by atoms with van der Waals surface area (Å²) < 4.78 is 0. The van der Waals surface area contributed by atoms with Gasteiger partial charge in [0.05, 0.1) is 0 Å². The Labute approximate surface area is 47.0 Å². The van der Waals surface area contributed by atoms with Gasteiger partial charge < -0.3 is 12.2 Å². The first-order valence-electron chi connectivity index (χ1n) is 0.704. The molecule has 0 fully saturated rings. The first-order chi connectivity index (χ1) is 1.41. The molecule has 2 heteroatoms. The van der Waals surface area contributed by atoms with Crippen molar-refractivity contribution in [1.29, 1.82) is 0 Å². The molecule has 5 heavy (non-hydrogen) atoms. The first-order valence-corrected chi connectivity index (χ1v) is 0.704. The number of hydrogen-bond donors (Lipinski definition) is 0. The summed E-state index contributed by atoms with van der Waals surface area (Å²) in [6, 6.07) is 0. The van der Waals surface area contributed by atoms with Crippen LogP contribution in [0.15, 0.2) is 0 Å². The molecule has 0 radical (unpaired) electrons. The third-order valence-corrected chi connectivity index (χ3v) is 0. The Morgan fingerprint density at radius 3 is 1.60 bits per heavy atom. The van der Waals surface area contributed by atoms with Crippen LogP contribution >= 0.6 is 0 Å². The smallest absolute Gasteiger partial charge is 0.542 e. The molecule has 0 heterocycles. The molecule has 0 unspecified atom stereocenters. The van der Waals surface area contributed by atoms with E-state index in [9.17, 15) is 0 Å². The van der Waals surface area contributed by atoms with Crippen molar-refractivity contribution in [3.8, 4) is 0 Å². The predicted octanol–water partition coefficient (Wildman–Crippen LogP) is 0.564. The van der Waals surface area contributed by atoms with Crippen LogP contribution in [0.4, 0.5) is 0 Å². The van der Waals surface area contributed by atoms with Gasteiger partial charge in [0.25, 0.3) is 0 Å². The summed E-state index contributed by atoms with van der Waals surface area (Å²) in [7, 11) is 0. The van der Waals surface area contributed by atoms with Gasteiger partial charge in [0.15, 0.2) is 0 Å². The molecule has 1 nitrogen and oxygen atoms in total. The van der Waals surface area contributed by atoms with Crippen molar-refractivity contribution in [2.75, 3.05) is 0 Å². The van der Waals surface area contributed by atoms with E-state index in [1.54, 1.807) is 0 Å². The Morgan fingerprint density at radius 1 is 1.60 bits per heavy atom. The van der Waals surface area contributed by atoms with E-state index in [1.165, 1.54) is 13.2 Å². The fraction of sp³-hybridized carbons (Fsp3) is 0.333. The van der Waals surface area contributed by atoms with Crippen molar-refractivity contribution in [2.24, 2.45) is 0 Å². The monoisotopic (exact) mass is 242 g/mol. The second-order valence-electron chi connectivity index (χ2n) is 0.204. The van der Waals surface area contributed by atoms with Crippen molar-refractivity contribution >= 4 is 6.29 Å². The summed E-state index contributed by atoms with van der Waals surface area (Å²) >= 11 is 0. The van der Waals surface area contributed by atoms with E-state index in [-0.39, 0.29) is 28.5 Å². The van der Waals surface area contributed by atoms with Crippen LogP contribution in [0.1, 0.15) is 6.92 Å². The Morgan fingerprint density at radius 2 is 1.60 bits per heavy atom. The summed E-state index contributed by atoms with van der Waals surface area (Å²) in [5, 5.41) is 0. The van der Waals surface area contributed by atoms with Crippen molar-refractivity contribution < 1.29 is 25.9 Å². The van der Waals surface area contributed by atoms with E-state index in [0.717, 1.165) is 0 Å². The van der Waals surface area contributed by atoms with E-state index < -0.39 is 0 Å². The van der Waals surface area contributed by atoms with Crippen molar-refractivity contribution in [3.63, 3.8) is 0 Å². The summed E-state index contributed by atoms with van der Waals surface area (Å²) in [6.07, 6.45) is 1.50. The van der Waals surface area contributed by atoms with Crippen LogP contribution < -0.4 is 0 Å². The zero-order valence-electron chi connectivity index (χ0n) is 3.32. The molecular weight excluding hydrogens is 236 g/mol. The molecule has 0 saturated carbocycles. The molecule has 0 bridgehead atoms. The van der Waals surface area contributed by atoms with Gasteiger partial charge in [-0.3, -0.25) is 6.29 Å². The molecule has 30 valence electrons. The third-order valence-electron chi connectivity index (χ3n) is 0. The van der Waals surface area contributed by atoms with Crippen LogP contribution in [0.3, 0.4) is 0 Å². The quantitative estimate of drug-likeness (QED) is 0.567. The van der Waals surface area contributed by atoms with Gasteiger partial charge in [-0.1, -0.05) is 0 Å². The Hall–Kier alpha value is 0.358. The van der Waals surface area contributed by atoms with Crippen LogP contribution in [0.25, 0.3) is 0 Å². The van der Waals surface area contributed by atoms with Crippen molar-refractivity contribution in [1.82, 2.24) is 0 Å². The zero-order valence-corrected chi connectivity index (χ0v) is 6.25. The molecule has 0 spiro atoms. The van der Waals surface area contributed by atoms with Crippen molar-refractivity contribution in [3.05, 3.63) is 7.43 Å². The Balaban J connectivity index is -0.0000000200. The summed E-state index contributed by atoms with van der Waals surface area (Å²) in [5.74, 6) is 0. The second-order valence-corrected chi connectivity index (χ2v) is 0.204. The maximum Gasteiger partial charge on any atom is 2.00 e. The molecular formula is C3H6OW. The minimum atomic E-state index is 0. The molecule has 0 aliphatic carbocycles. The summed E-state index contributed by atoms with van der Waals surface area (Å²) in [6.45, 7) is 1.32. The fourth-order valence-electron chi connectivity index (χ4n) is 0. The van der Waals surface area contributed by atoms with Gasteiger partial charge in [-0.05, 0) is 0 Å². The van der Waals surface area contributed by atoms with E-state index in [2.05, 4.69) is 0 Å². The summed E-state index contributed by atoms with van der Waals surface area (Å²) in [4.78, 5) is 8.68. The molecule has 0 aromatic carbocycles. The van der Waals surface area contributed by atoms with Crippen LogP contribution in [-0.4, -0.2) is 6.29 Å². The van der Waals surface area contributed by atoms with Gasteiger partial charge in [0.1, 0.15) is 0 Å². The van der Waals surface area contributed by atoms with E-state index >= 15 is 0 Å². The zero-order chi connectivity index (χ0) is 2.71. The Kier molecular flexibility index (Phi) is 97.5. The molecule has 0 N–H and O–H groups in total.